The van der Waals surface area contributed by atoms with Crippen molar-refractivity contribution in [3.05, 3.63) is 47.8 Å². The SMILES string of the molecule is CC(C)c1cccc(N2CC(C(C)(C)c3cccc(N4CC[C@@H]5CNC[C@@H]54)n3)C3CNCC32)n1. The fourth-order valence-electron chi connectivity index (χ4n) is 7.13. The van der Waals surface area contributed by atoms with Crippen molar-refractivity contribution < 1.29 is 0 Å². The Bertz CT molecular complexity index is 1040. The minimum Gasteiger partial charge on any atom is -0.352 e. The first-order valence-electron chi connectivity index (χ1n) is 13.3. The molecule has 5 atom stereocenters. The van der Waals surface area contributed by atoms with Gasteiger partial charge in [-0.3, -0.25) is 0 Å². The molecule has 6 heterocycles. The van der Waals surface area contributed by atoms with E-state index in [0.29, 0.717) is 29.8 Å². The first-order valence-corrected chi connectivity index (χ1v) is 13.3. The van der Waals surface area contributed by atoms with Crippen LogP contribution >= 0.6 is 0 Å². The van der Waals surface area contributed by atoms with Crippen LogP contribution in [-0.4, -0.2) is 61.3 Å². The predicted octanol–water partition coefficient (Wildman–Crippen LogP) is 3.40. The van der Waals surface area contributed by atoms with E-state index in [1.165, 1.54) is 23.6 Å². The van der Waals surface area contributed by atoms with Gasteiger partial charge in [-0.1, -0.05) is 39.8 Å². The minimum absolute atomic E-state index is 0.0115. The summed E-state index contributed by atoms with van der Waals surface area (Å²) >= 11 is 0. The lowest BCUT2D eigenvalue weighted by Gasteiger charge is -2.35. The van der Waals surface area contributed by atoms with E-state index in [4.69, 9.17) is 9.97 Å². The molecular formula is C28H40N6. The Morgan fingerprint density at radius 1 is 0.882 bits per heavy atom. The van der Waals surface area contributed by atoms with E-state index in [1.54, 1.807) is 0 Å². The summed E-state index contributed by atoms with van der Waals surface area (Å²) in [6.45, 7) is 15.9. The van der Waals surface area contributed by atoms with E-state index in [9.17, 15) is 0 Å². The van der Waals surface area contributed by atoms with Crippen LogP contribution in [0.4, 0.5) is 11.6 Å². The molecule has 182 valence electrons. The number of pyridine rings is 2. The van der Waals surface area contributed by atoms with E-state index in [-0.39, 0.29) is 5.41 Å². The first kappa shape index (κ1) is 22.3. The highest BCUT2D eigenvalue weighted by Gasteiger charge is 2.51. The molecule has 4 aliphatic heterocycles. The molecule has 0 bridgehead atoms. The van der Waals surface area contributed by atoms with Gasteiger partial charge in [-0.05, 0) is 54.4 Å². The predicted molar refractivity (Wildman–Crippen MR) is 139 cm³/mol. The summed E-state index contributed by atoms with van der Waals surface area (Å²) in [5.41, 5.74) is 2.41. The molecule has 0 spiro atoms. The number of rotatable bonds is 5. The molecule has 0 radical (unpaired) electrons. The summed E-state index contributed by atoms with van der Waals surface area (Å²) in [6, 6.07) is 14.4. The molecule has 0 aliphatic carbocycles. The highest BCUT2D eigenvalue weighted by Crippen LogP contribution is 2.46. The lowest BCUT2D eigenvalue weighted by molar-refractivity contribution is 0.264. The van der Waals surface area contributed by atoms with Gasteiger partial charge in [-0.25, -0.2) is 9.97 Å². The second-order valence-electron chi connectivity index (χ2n) is 11.8. The molecule has 2 aromatic heterocycles. The van der Waals surface area contributed by atoms with Crippen molar-refractivity contribution in [1.82, 2.24) is 20.6 Å². The molecule has 2 aromatic rings. The van der Waals surface area contributed by atoms with E-state index < -0.39 is 0 Å². The number of fused-ring (bicyclic) bond motifs is 2. The van der Waals surface area contributed by atoms with Gasteiger partial charge in [0.2, 0.25) is 0 Å². The largest absolute Gasteiger partial charge is 0.352 e. The summed E-state index contributed by atoms with van der Waals surface area (Å²) < 4.78 is 0. The Labute approximate surface area is 204 Å². The lowest BCUT2D eigenvalue weighted by atomic mass is 9.70. The molecule has 6 nitrogen and oxygen atoms in total. The van der Waals surface area contributed by atoms with Crippen molar-refractivity contribution in [2.24, 2.45) is 17.8 Å². The molecule has 0 aromatic carbocycles. The van der Waals surface area contributed by atoms with Gasteiger partial charge in [0.15, 0.2) is 0 Å². The maximum Gasteiger partial charge on any atom is 0.129 e. The number of aromatic nitrogens is 2. The van der Waals surface area contributed by atoms with E-state index >= 15 is 0 Å². The molecule has 0 amide bonds. The van der Waals surface area contributed by atoms with Gasteiger partial charge in [-0.2, -0.15) is 0 Å². The Morgan fingerprint density at radius 3 is 2.44 bits per heavy atom. The van der Waals surface area contributed by atoms with Crippen LogP contribution in [-0.2, 0) is 5.41 Å². The molecular weight excluding hydrogens is 420 g/mol. The Hall–Kier alpha value is -2.18. The number of hydrogen-bond donors (Lipinski definition) is 2. The van der Waals surface area contributed by atoms with E-state index in [1.807, 2.05) is 0 Å². The van der Waals surface area contributed by atoms with Gasteiger partial charge in [-0.15, -0.1) is 0 Å². The monoisotopic (exact) mass is 460 g/mol. The van der Waals surface area contributed by atoms with Crippen LogP contribution in [0, 0.1) is 17.8 Å². The zero-order chi connectivity index (χ0) is 23.4. The van der Waals surface area contributed by atoms with Crippen LogP contribution < -0.4 is 20.4 Å². The molecule has 3 unspecified atom stereocenters. The van der Waals surface area contributed by atoms with Gasteiger partial charge in [0, 0.05) is 68.2 Å². The van der Waals surface area contributed by atoms with Crippen LogP contribution in [0.3, 0.4) is 0 Å². The van der Waals surface area contributed by atoms with Gasteiger partial charge in [0.25, 0.3) is 0 Å². The molecule has 4 fully saturated rings. The number of hydrogen-bond acceptors (Lipinski definition) is 6. The summed E-state index contributed by atoms with van der Waals surface area (Å²) in [7, 11) is 0. The average Bonchev–Trinajstić information content (AvgIpc) is 3.60. The fraction of sp³-hybridized carbons (Fsp3) is 0.643. The third-order valence-corrected chi connectivity index (χ3v) is 9.24. The topological polar surface area (TPSA) is 56.3 Å². The molecule has 6 heteroatoms. The standard InChI is InChI=1S/C28H40N6/c1-18(2)22-7-5-9-26(31-22)34-17-21(20-14-30-16-24(20)34)28(3,4)25-8-6-10-27(32-25)33-12-11-19-13-29-15-23(19)33/h5-10,18-21,23-24,29-30H,11-17H2,1-4H3/t19-,20?,21?,23+,24?/m1/s1. The summed E-state index contributed by atoms with van der Waals surface area (Å²) in [6.07, 6.45) is 1.28. The Balaban J connectivity index is 1.29. The van der Waals surface area contributed by atoms with Crippen LogP contribution in [0.15, 0.2) is 36.4 Å². The zero-order valence-electron chi connectivity index (χ0n) is 21.2. The number of nitrogens with zero attached hydrogens (tertiary/aromatic N) is 4. The summed E-state index contributed by atoms with van der Waals surface area (Å²) in [5, 5.41) is 7.27. The molecule has 34 heavy (non-hydrogen) atoms. The van der Waals surface area contributed by atoms with Crippen molar-refractivity contribution in [1.29, 1.82) is 0 Å². The van der Waals surface area contributed by atoms with Crippen molar-refractivity contribution in [3.63, 3.8) is 0 Å². The number of nitrogens with one attached hydrogen (secondary N) is 2. The molecule has 4 aliphatic rings. The zero-order valence-corrected chi connectivity index (χ0v) is 21.2. The summed E-state index contributed by atoms with van der Waals surface area (Å²) in [4.78, 5) is 15.5. The van der Waals surface area contributed by atoms with Crippen LogP contribution in [0.25, 0.3) is 0 Å². The quantitative estimate of drug-likeness (QED) is 0.713. The van der Waals surface area contributed by atoms with Gasteiger partial charge in [0.05, 0.1) is 0 Å². The summed E-state index contributed by atoms with van der Waals surface area (Å²) in [5.74, 6) is 4.67. The van der Waals surface area contributed by atoms with Crippen LogP contribution in [0.1, 0.15) is 51.4 Å². The molecule has 6 rings (SSSR count). The van der Waals surface area contributed by atoms with Crippen molar-refractivity contribution in [3.8, 4) is 0 Å². The highest BCUT2D eigenvalue weighted by molar-refractivity contribution is 5.47. The third kappa shape index (κ3) is 3.61. The van der Waals surface area contributed by atoms with Crippen molar-refractivity contribution in [2.75, 3.05) is 49.1 Å². The normalized spacial score (nSPS) is 30.9. The van der Waals surface area contributed by atoms with Crippen molar-refractivity contribution >= 4 is 11.6 Å². The maximum absolute atomic E-state index is 5.32. The van der Waals surface area contributed by atoms with E-state index in [2.05, 4.69) is 84.5 Å². The molecule has 0 saturated carbocycles. The van der Waals surface area contributed by atoms with Crippen LogP contribution in [0.2, 0.25) is 0 Å². The van der Waals surface area contributed by atoms with Crippen molar-refractivity contribution in [2.45, 2.75) is 57.5 Å². The fourth-order valence-corrected chi connectivity index (χ4v) is 7.13. The third-order valence-electron chi connectivity index (χ3n) is 9.24. The maximum atomic E-state index is 5.32. The minimum atomic E-state index is -0.0115. The van der Waals surface area contributed by atoms with Gasteiger partial charge in [0.1, 0.15) is 11.6 Å². The second kappa shape index (κ2) is 8.49. The second-order valence-corrected chi connectivity index (χ2v) is 11.8. The lowest BCUT2D eigenvalue weighted by Crippen LogP contribution is -2.38. The molecule has 4 saturated heterocycles. The first-order chi connectivity index (χ1) is 16.4. The Kier molecular flexibility index (Phi) is 5.57. The van der Waals surface area contributed by atoms with E-state index in [0.717, 1.165) is 51.0 Å². The smallest absolute Gasteiger partial charge is 0.129 e. The van der Waals surface area contributed by atoms with Gasteiger partial charge >= 0.3 is 0 Å². The number of anilines is 2. The van der Waals surface area contributed by atoms with Gasteiger partial charge < -0.3 is 20.4 Å². The Morgan fingerprint density at radius 2 is 1.62 bits per heavy atom. The highest BCUT2D eigenvalue weighted by atomic mass is 15.3. The van der Waals surface area contributed by atoms with Crippen LogP contribution in [0.5, 0.6) is 0 Å². The molecule has 2 N–H and O–H groups in total. The average molecular weight is 461 g/mol.